The van der Waals surface area contributed by atoms with Crippen LogP contribution in [0.4, 0.5) is 0 Å². The molecule has 0 amide bonds. The summed E-state index contributed by atoms with van der Waals surface area (Å²) in [5.41, 5.74) is 1.78. The first-order valence-corrected chi connectivity index (χ1v) is 6.71. The molecular weight excluding hydrogens is 322 g/mol. The van der Waals surface area contributed by atoms with E-state index in [4.69, 9.17) is 4.52 Å². The molecule has 3 aromatic rings. The molecule has 0 unspecified atom stereocenters. The summed E-state index contributed by atoms with van der Waals surface area (Å²) < 4.78 is 6.09. The number of nitrogens with zero attached hydrogens (tertiary/aromatic N) is 3. The number of phenolic OH excluding ortho intramolecular Hbond substituents is 1. The zero-order valence-corrected chi connectivity index (χ0v) is 11.9. The van der Waals surface area contributed by atoms with E-state index in [0.29, 0.717) is 18.1 Å². The molecule has 3 rings (SSSR count). The molecule has 0 aliphatic carbocycles. The Morgan fingerprint density at radius 1 is 1.15 bits per heavy atom. The molecule has 0 atom stereocenters. The fourth-order valence-corrected chi connectivity index (χ4v) is 2.13. The van der Waals surface area contributed by atoms with Crippen LogP contribution in [-0.2, 0) is 6.42 Å². The molecule has 6 heteroatoms. The number of rotatable bonds is 3. The molecule has 0 fully saturated rings. The summed E-state index contributed by atoms with van der Waals surface area (Å²) in [7, 11) is 0. The lowest BCUT2D eigenvalue weighted by Crippen LogP contribution is -1.88. The van der Waals surface area contributed by atoms with E-state index in [-0.39, 0.29) is 5.75 Å². The monoisotopic (exact) mass is 331 g/mol. The van der Waals surface area contributed by atoms with Crippen molar-refractivity contribution < 1.29 is 9.63 Å². The number of aromatic nitrogens is 3. The van der Waals surface area contributed by atoms with Gasteiger partial charge in [-0.25, -0.2) is 0 Å². The highest BCUT2D eigenvalue weighted by molar-refractivity contribution is 9.10. The van der Waals surface area contributed by atoms with Gasteiger partial charge in [-0.2, -0.15) is 4.98 Å². The first-order valence-electron chi connectivity index (χ1n) is 5.92. The second-order valence-corrected chi connectivity index (χ2v) is 5.16. The number of hydrogen-bond donors (Lipinski definition) is 1. The minimum absolute atomic E-state index is 0.236. The summed E-state index contributed by atoms with van der Waals surface area (Å²) in [4.78, 5) is 8.41. The summed E-state index contributed by atoms with van der Waals surface area (Å²) in [5, 5.41) is 13.2. The zero-order valence-electron chi connectivity index (χ0n) is 10.3. The molecule has 0 aliphatic heterocycles. The Balaban J connectivity index is 1.82. The van der Waals surface area contributed by atoms with Crippen molar-refractivity contribution in [2.75, 3.05) is 0 Å². The Bertz CT molecular complexity index is 725. The molecule has 0 saturated carbocycles. The van der Waals surface area contributed by atoms with Crippen LogP contribution in [-0.4, -0.2) is 20.2 Å². The Morgan fingerprint density at radius 2 is 1.95 bits per heavy atom. The molecule has 0 spiro atoms. The van der Waals surface area contributed by atoms with Gasteiger partial charge in [0.15, 0.2) is 0 Å². The quantitative estimate of drug-likeness (QED) is 0.797. The zero-order chi connectivity index (χ0) is 13.9. The standard InChI is InChI=1S/C14H10BrN3O2/c15-11-6-10(7-16-8-11)14-17-13(20-18-14)5-9-1-3-12(19)4-2-9/h1-4,6-8,19H,5H2. The smallest absolute Gasteiger partial charge is 0.231 e. The van der Waals surface area contributed by atoms with Gasteiger partial charge in [-0.15, -0.1) is 0 Å². The van der Waals surface area contributed by atoms with E-state index < -0.39 is 0 Å². The highest BCUT2D eigenvalue weighted by Crippen LogP contribution is 2.20. The highest BCUT2D eigenvalue weighted by Gasteiger charge is 2.10. The topological polar surface area (TPSA) is 72.0 Å². The van der Waals surface area contributed by atoms with Crippen LogP contribution in [0.3, 0.4) is 0 Å². The molecule has 0 radical (unpaired) electrons. The maximum absolute atomic E-state index is 9.24. The maximum Gasteiger partial charge on any atom is 0.231 e. The molecular formula is C14H10BrN3O2. The van der Waals surface area contributed by atoms with Crippen molar-refractivity contribution in [2.24, 2.45) is 0 Å². The second kappa shape index (κ2) is 5.42. The van der Waals surface area contributed by atoms with E-state index in [0.717, 1.165) is 15.6 Å². The van der Waals surface area contributed by atoms with E-state index in [1.807, 2.05) is 18.2 Å². The largest absolute Gasteiger partial charge is 0.508 e. The third kappa shape index (κ3) is 2.85. The summed E-state index contributed by atoms with van der Waals surface area (Å²) in [5.74, 6) is 1.26. The Morgan fingerprint density at radius 3 is 2.70 bits per heavy atom. The van der Waals surface area contributed by atoms with Crippen molar-refractivity contribution in [3.05, 3.63) is 58.7 Å². The average Bonchev–Trinajstić information content (AvgIpc) is 2.90. The predicted molar refractivity (Wildman–Crippen MR) is 76.1 cm³/mol. The van der Waals surface area contributed by atoms with Crippen molar-refractivity contribution in [3.8, 4) is 17.1 Å². The van der Waals surface area contributed by atoms with Crippen LogP contribution in [0.5, 0.6) is 5.75 Å². The van der Waals surface area contributed by atoms with Crippen LogP contribution in [0.2, 0.25) is 0 Å². The summed E-state index contributed by atoms with van der Waals surface area (Å²) >= 11 is 3.35. The number of halogens is 1. The molecule has 100 valence electrons. The number of aromatic hydroxyl groups is 1. The Hall–Kier alpha value is -2.21. The van der Waals surface area contributed by atoms with Gasteiger partial charge in [-0.3, -0.25) is 4.98 Å². The molecule has 20 heavy (non-hydrogen) atoms. The molecule has 1 aromatic carbocycles. The van der Waals surface area contributed by atoms with Gasteiger partial charge in [0.1, 0.15) is 5.75 Å². The fraction of sp³-hybridized carbons (Fsp3) is 0.0714. The van der Waals surface area contributed by atoms with Gasteiger partial charge in [0.05, 0.1) is 6.42 Å². The minimum Gasteiger partial charge on any atom is -0.508 e. The Labute approximate surface area is 123 Å². The van der Waals surface area contributed by atoms with Gasteiger partial charge in [0.25, 0.3) is 0 Å². The minimum atomic E-state index is 0.236. The van der Waals surface area contributed by atoms with Crippen molar-refractivity contribution in [1.29, 1.82) is 0 Å². The lowest BCUT2D eigenvalue weighted by molar-refractivity contribution is 0.385. The Kier molecular flexibility index (Phi) is 3.47. The van der Waals surface area contributed by atoms with E-state index in [9.17, 15) is 5.11 Å². The van der Waals surface area contributed by atoms with Crippen molar-refractivity contribution >= 4 is 15.9 Å². The van der Waals surface area contributed by atoms with E-state index >= 15 is 0 Å². The summed E-state index contributed by atoms with van der Waals surface area (Å²) in [6, 6.07) is 8.78. The first-order chi connectivity index (χ1) is 9.70. The van der Waals surface area contributed by atoms with Crippen molar-refractivity contribution in [2.45, 2.75) is 6.42 Å². The lowest BCUT2D eigenvalue weighted by Gasteiger charge is -1.96. The third-order valence-electron chi connectivity index (χ3n) is 2.72. The number of phenols is 1. The summed E-state index contributed by atoms with van der Waals surface area (Å²) in [6.07, 6.45) is 3.90. The highest BCUT2D eigenvalue weighted by atomic mass is 79.9. The van der Waals surface area contributed by atoms with Crippen LogP contribution in [0.25, 0.3) is 11.4 Å². The van der Waals surface area contributed by atoms with Crippen molar-refractivity contribution in [1.82, 2.24) is 15.1 Å². The van der Waals surface area contributed by atoms with Gasteiger partial charge in [0.2, 0.25) is 11.7 Å². The third-order valence-corrected chi connectivity index (χ3v) is 3.16. The predicted octanol–water partition coefficient (Wildman–Crippen LogP) is 3.19. The second-order valence-electron chi connectivity index (χ2n) is 4.25. The number of pyridine rings is 1. The summed E-state index contributed by atoms with van der Waals surface area (Å²) in [6.45, 7) is 0. The molecule has 2 aromatic heterocycles. The van der Waals surface area contributed by atoms with Crippen LogP contribution in [0, 0.1) is 0 Å². The van der Waals surface area contributed by atoms with Crippen LogP contribution < -0.4 is 0 Å². The van der Waals surface area contributed by atoms with Gasteiger partial charge in [-0.1, -0.05) is 17.3 Å². The first kappa shape index (κ1) is 12.8. The molecule has 5 nitrogen and oxygen atoms in total. The number of benzene rings is 1. The molecule has 1 N–H and O–H groups in total. The lowest BCUT2D eigenvalue weighted by atomic mass is 10.1. The molecule has 0 aliphatic rings. The van der Waals surface area contributed by atoms with Crippen molar-refractivity contribution in [3.63, 3.8) is 0 Å². The van der Waals surface area contributed by atoms with E-state index in [1.54, 1.807) is 24.5 Å². The van der Waals surface area contributed by atoms with Gasteiger partial charge < -0.3 is 9.63 Å². The molecule has 0 saturated heterocycles. The van der Waals surface area contributed by atoms with Gasteiger partial charge in [0, 0.05) is 22.4 Å². The SMILES string of the molecule is Oc1ccc(Cc2nc(-c3cncc(Br)c3)no2)cc1. The maximum atomic E-state index is 9.24. The average molecular weight is 332 g/mol. The fourth-order valence-electron chi connectivity index (χ4n) is 1.77. The van der Waals surface area contributed by atoms with Crippen LogP contribution in [0.15, 0.2) is 51.7 Å². The molecule has 0 bridgehead atoms. The number of hydrogen-bond acceptors (Lipinski definition) is 5. The molecule has 2 heterocycles. The van der Waals surface area contributed by atoms with Crippen LogP contribution in [0.1, 0.15) is 11.5 Å². The van der Waals surface area contributed by atoms with E-state index in [1.165, 1.54) is 0 Å². The van der Waals surface area contributed by atoms with Crippen LogP contribution >= 0.6 is 15.9 Å². The van der Waals surface area contributed by atoms with E-state index in [2.05, 4.69) is 31.1 Å². The van der Waals surface area contributed by atoms with Gasteiger partial charge >= 0.3 is 0 Å². The normalized spacial score (nSPS) is 10.7. The van der Waals surface area contributed by atoms with Gasteiger partial charge in [-0.05, 0) is 39.7 Å².